The molecule has 1 amide bonds. The number of benzene rings is 1. The van der Waals surface area contributed by atoms with Gasteiger partial charge in [-0.25, -0.2) is 4.79 Å². The topological polar surface area (TPSA) is 42.4 Å². The van der Waals surface area contributed by atoms with Gasteiger partial charge in [-0.3, -0.25) is 4.98 Å². The minimum absolute atomic E-state index is 0.128. The molecule has 28 heavy (non-hydrogen) atoms. The van der Waals surface area contributed by atoms with E-state index in [0.717, 1.165) is 6.07 Å². The van der Waals surface area contributed by atoms with Crippen LogP contribution in [0.1, 0.15) is 22.8 Å². The summed E-state index contributed by atoms with van der Waals surface area (Å²) in [6.07, 6.45) is -1.26. The molecular formula is C20H18ClF3N2O2. The van der Waals surface area contributed by atoms with E-state index < -0.39 is 23.9 Å². The highest BCUT2D eigenvalue weighted by atomic mass is 35.5. The second-order valence-corrected chi connectivity index (χ2v) is 6.14. The van der Waals surface area contributed by atoms with Crippen molar-refractivity contribution in [3.63, 3.8) is 0 Å². The van der Waals surface area contributed by atoms with Crippen molar-refractivity contribution >= 4 is 17.7 Å². The molecule has 148 valence electrons. The Morgan fingerprint density at radius 3 is 2.39 bits per heavy atom. The molecule has 0 aliphatic carbocycles. The van der Waals surface area contributed by atoms with Crippen LogP contribution in [0.3, 0.4) is 0 Å². The smallest absolute Gasteiger partial charge is 0.416 e. The van der Waals surface area contributed by atoms with Crippen molar-refractivity contribution in [3.05, 3.63) is 89.7 Å². The molecule has 1 aromatic heterocycles. The summed E-state index contributed by atoms with van der Waals surface area (Å²) in [7, 11) is 0. The number of ether oxygens (including phenoxy) is 1. The van der Waals surface area contributed by atoms with Crippen molar-refractivity contribution in [1.82, 2.24) is 9.88 Å². The highest BCUT2D eigenvalue weighted by Gasteiger charge is 2.37. The van der Waals surface area contributed by atoms with Crippen molar-refractivity contribution in [1.29, 1.82) is 0 Å². The number of rotatable bonds is 7. The van der Waals surface area contributed by atoms with Gasteiger partial charge in [-0.2, -0.15) is 13.2 Å². The minimum Gasteiger partial charge on any atom is -0.436 e. The van der Waals surface area contributed by atoms with Crippen LogP contribution in [0.4, 0.5) is 18.0 Å². The molecule has 2 aromatic rings. The van der Waals surface area contributed by atoms with Crippen molar-refractivity contribution in [2.45, 2.75) is 12.3 Å². The van der Waals surface area contributed by atoms with E-state index in [1.807, 2.05) is 0 Å². The Morgan fingerprint density at radius 1 is 1.18 bits per heavy atom. The van der Waals surface area contributed by atoms with E-state index in [0.29, 0.717) is 0 Å². The molecule has 1 atom stereocenters. The van der Waals surface area contributed by atoms with Crippen LogP contribution in [0.25, 0.3) is 0 Å². The lowest BCUT2D eigenvalue weighted by atomic mass is 9.97. The zero-order chi connectivity index (χ0) is 20.7. The van der Waals surface area contributed by atoms with E-state index >= 15 is 0 Å². The van der Waals surface area contributed by atoms with Crippen molar-refractivity contribution in [2.24, 2.45) is 0 Å². The highest BCUT2D eigenvalue weighted by Crippen LogP contribution is 2.39. The van der Waals surface area contributed by atoms with Gasteiger partial charge in [-0.15, -0.1) is 13.2 Å². The van der Waals surface area contributed by atoms with Gasteiger partial charge in [0, 0.05) is 36.6 Å². The summed E-state index contributed by atoms with van der Waals surface area (Å²) in [5.41, 5.74) is -1.02. The standard InChI is InChI=1S/C20H18ClF3N2O2/c1-3-11-26(12-4-2)19(27)28-18(15-13-25-10-9-17(15)21)14-7-5-6-8-16(14)20(22,23)24/h3-10,13,18H,1-2,11-12H2. The first-order valence-corrected chi connectivity index (χ1v) is 8.60. The van der Waals surface area contributed by atoms with Crippen LogP contribution >= 0.6 is 11.6 Å². The average Bonchev–Trinajstić information content (AvgIpc) is 2.66. The number of hydrogen-bond donors (Lipinski definition) is 0. The molecule has 2 rings (SSSR count). The first-order chi connectivity index (χ1) is 13.3. The number of carbonyl (C=O) groups excluding carboxylic acids is 1. The first kappa shape index (κ1) is 21.5. The summed E-state index contributed by atoms with van der Waals surface area (Å²) in [5.74, 6) is 0. The predicted molar refractivity (Wildman–Crippen MR) is 101 cm³/mol. The fraction of sp³-hybridized carbons (Fsp3) is 0.200. The van der Waals surface area contributed by atoms with E-state index in [2.05, 4.69) is 18.1 Å². The third kappa shape index (κ3) is 5.13. The molecule has 0 spiro atoms. The molecular weight excluding hydrogens is 393 g/mol. The number of alkyl halides is 3. The molecule has 8 heteroatoms. The normalized spacial score (nSPS) is 12.1. The van der Waals surface area contributed by atoms with E-state index in [1.54, 1.807) is 0 Å². The Labute approximate surface area is 165 Å². The quantitative estimate of drug-likeness (QED) is 0.553. The van der Waals surface area contributed by atoms with Gasteiger partial charge in [0.05, 0.1) is 10.6 Å². The summed E-state index contributed by atoms with van der Waals surface area (Å²) in [6.45, 7) is 7.39. The SMILES string of the molecule is C=CCN(CC=C)C(=O)OC(c1cnccc1Cl)c1ccccc1C(F)(F)F. The third-order valence-electron chi connectivity index (χ3n) is 3.80. The Hall–Kier alpha value is -2.80. The summed E-state index contributed by atoms with van der Waals surface area (Å²) in [5, 5.41) is 0.128. The molecule has 1 unspecified atom stereocenters. The van der Waals surface area contributed by atoms with E-state index in [1.165, 1.54) is 53.7 Å². The predicted octanol–water partition coefficient (Wildman–Crippen LogP) is 5.65. The zero-order valence-corrected chi connectivity index (χ0v) is 15.6. The van der Waals surface area contributed by atoms with Gasteiger partial charge in [0.25, 0.3) is 0 Å². The second-order valence-electron chi connectivity index (χ2n) is 5.73. The fourth-order valence-corrected chi connectivity index (χ4v) is 2.78. The van der Waals surface area contributed by atoms with Crippen molar-refractivity contribution < 1.29 is 22.7 Å². The molecule has 1 aromatic carbocycles. The Bertz CT molecular complexity index is 845. The molecule has 1 heterocycles. The number of aromatic nitrogens is 1. The van der Waals surface area contributed by atoms with Crippen LogP contribution in [0.5, 0.6) is 0 Å². The summed E-state index contributed by atoms with van der Waals surface area (Å²) < 4.78 is 46.1. The molecule has 0 bridgehead atoms. The van der Waals surface area contributed by atoms with Gasteiger partial charge in [0.2, 0.25) is 0 Å². The van der Waals surface area contributed by atoms with Gasteiger partial charge in [0.15, 0.2) is 6.10 Å². The molecule has 0 saturated heterocycles. The third-order valence-corrected chi connectivity index (χ3v) is 4.15. The monoisotopic (exact) mass is 410 g/mol. The van der Waals surface area contributed by atoms with Gasteiger partial charge in [-0.05, 0) is 12.1 Å². The summed E-state index contributed by atoms with van der Waals surface area (Å²) in [6, 6.07) is 6.28. The zero-order valence-electron chi connectivity index (χ0n) is 14.8. The minimum atomic E-state index is -4.64. The number of pyridine rings is 1. The van der Waals surface area contributed by atoms with Crippen LogP contribution in [0.2, 0.25) is 5.02 Å². The molecule has 0 radical (unpaired) electrons. The molecule has 0 aliphatic heterocycles. The lowest BCUT2D eigenvalue weighted by Gasteiger charge is -2.26. The highest BCUT2D eigenvalue weighted by molar-refractivity contribution is 6.31. The van der Waals surface area contributed by atoms with Gasteiger partial charge >= 0.3 is 12.3 Å². The second kappa shape index (κ2) is 9.41. The van der Waals surface area contributed by atoms with Crippen LogP contribution in [0, 0.1) is 0 Å². The molecule has 0 N–H and O–H groups in total. The van der Waals surface area contributed by atoms with Crippen LogP contribution < -0.4 is 0 Å². The lowest BCUT2D eigenvalue weighted by molar-refractivity contribution is -0.139. The van der Waals surface area contributed by atoms with Crippen LogP contribution in [-0.4, -0.2) is 29.1 Å². The Balaban J connectivity index is 2.54. The van der Waals surface area contributed by atoms with E-state index in [9.17, 15) is 18.0 Å². The van der Waals surface area contributed by atoms with Crippen LogP contribution in [0.15, 0.2) is 68.0 Å². The van der Waals surface area contributed by atoms with E-state index in [-0.39, 0.29) is 29.2 Å². The maximum Gasteiger partial charge on any atom is 0.416 e. The van der Waals surface area contributed by atoms with Gasteiger partial charge in [-0.1, -0.05) is 42.0 Å². The molecule has 0 fully saturated rings. The number of nitrogens with zero attached hydrogens (tertiary/aromatic N) is 2. The van der Waals surface area contributed by atoms with Gasteiger partial charge in [0.1, 0.15) is 0 Å². The molecule has 4 nitrogen and oxygen atoms in total. The van der Waals surface area contributed by atoms with Crippen molar-refractivity contribution in [2.75, 3.05) is 13.1 Å². The first-order valence-electron chi connectivity index (χ1n) is 8.22. The lowest BCUT2D eigenvalue weighted by Crippen LogP contribution is -2.33. The Kier molecular flexibility index (Phi) is 7.23. The fourth-order valence-electron chi connectivity index (χ4n) is 2.57. The number of halogens is 4. The largest absolute Gasteiger partial charge is 0.436 e. The van der Waals surface area contributed by atoms with Crippen molar-refractivity contribution in [3.8, 4) is 0 Å². The number of hydrogen-bond acceptors (Lipinski definition) is 3. The average molecular weight is 411 g/mol. The number of amides is 1. The van der Waals surface area contributed by atoms with Gasteiger partial charge < -0.3 is 9.64 Å². The summed E-state index contributed by atoms with van der Waals surface area (Å²) >= 11 is 6.16. The number of carbonyl (C=O) groups is 1. The van der Waals surface area contributed by atoms with E-state index in [4.69, 9.17) is 16.3 Å². The maximum atomic E-state index is 13.5. The van der Waals surface area contributed by atoms with Crippen LogP contribution in [-0.2, 0) is 10.9 Å². The molecule has 0 aliphatic rings. The molecule has 0 saturated carbocycles. The summed E-state index contributed by atoms with van der Waals surface area (Å²) in [4.78, 5) is 17.8. The Morgan fingerprint density at radius 2 is 1.82 bits per heavy atom. The maximum absolute atomic E-state index is 13.5.